The van der Waals surface area contributed by atoms with Gasteiger partial charge in [-0.15, -0.1) is 34.2 Å². The van der Waals surface area contributed by atoms with Crippen LogP contribution in [0.3, 0.4) is 0 Å². The molecule has 0 spiro atoms. The third-order valence-electron chi connectivity index (χ3n) is 4.35. The molecule has 1 aromatic carbocycles. The van der Waals surface area contributed by atoms with E-state index in [1.165, 1.54) is 0 Å². The zero-order valence-electron chi connectivity index (χ0n) is 17.8. The standard InChI is InChI=1S/C20H32N6O2.HI/c1-5-7-10-21-20(22-11-12-26-15-24-25-19(26)6-2)23-14-16-8-9-17(27-3)18(13-16)28-4;/h8-9,13,15H,5-7,10-12,14H2,1-4H3,(H2,21,22,23);1H. The Hall–Kier alpha value is -2.04. The number of methoxy groups -OCH3 is 2. The van der Waals surface area contributed by atoms with Gasteiger partial charge in [-0.25, -0.2) is 4.99 Å². The molecular formula is C20H33IN6O2. The molecular weight excluding hydrogens is 483 g/mol. The molecule has 2 rings (SSSR count). The lowest BCUT2D eigenvalue weighted by atomic mass is 10.2. The second kappa shape index (κ2) is 14.0. The number of aromatic nitrogens is 3. The summed E-state index contributed by atoms with van der Waals surface area (Å²) in [6, 6.07) is 5.86. The van der Waals surface area contributed by atoms with Crippen LogP contribution in [0, 0.1) is 0 Å². The minimum absolute atomic E-state index is 0. The van der Waals surface area contributed by atoms with E-state index < -0.39 is 0 Å². The van der Waals surface area contributed by atoms with Crippen molar-refractivity contribution in [2.24, 2.45) is 4.99 Å². The smallest absolute Gasteiger partial charge is 0.191 e. The highest BCUT2D eigenvalue weighted by atomic mass is 127. The Morgan fingerprint density at radius 1 is 1.10 bits per heavy atom. The van der Waals surface area contributed by atoms with Crippen LogP contribution in [0.2, 0.25) is 0 Å². The number of hydrogen-bond acceptors (Lipinski definition) is 5. The number of nitrogens with one attached hydrogen (secondary N) is 2. The average molecular weight is 516 g/mol. The van der Waals surface area contributed by atoms with Gasteiger partial charge in [0.1, 0.15) is 12.2 Å². The Bertz CT molecular complexity index is 750. The Morgan fingerprint density at radius 2 is 1.86 bits per heavy atom. The number of guanidine groups is 1. The van der Waals surface area contributed by atoms with Crippen molar-refractivity contribution < 1.29 is 9.47 Å². The summed E-state index contributed by atoms with van der Waals surface area (Å²) >= 11 is 0. The first-order valence-electron chi connectivity index (χ1n) is 9.81. The van der Waals surface area contributed by atoms with Gasteiger partial charge in [0.2, 0.25) is 0 Å². The molecule has 2 N–H and O–H groups in total. The highest BCUT2D eigenvalue weighted by Crippen LogP contribution is 2.27. The van der Waals surface area contributed by atoms with E-state index in [9.17, 15) is 0 Å². The number of nitrogens with zero attached hydrogens (tertiary/aromatic N) is 4. The minimum atomic E-state index is 0. The van der Waals surface area contributed by atoms with Crippen LogP contribution in [-0.2, 0) is 19.5 Å². The van der Waals surface area contributed by atoms with Gasteiger partial charge in [0.15, 0.2) is 17.5 Å². The Kier molecular flexibility index (Phi) is 12.1. The van der Waals surface area contributed by atoms with Crippen molar-refractivity contribution in [3.05, 3.63) is 35.9 Å². The van der Waals surface area contributed by atoms with Gasteiger partial charge < -0.3 is 24.7 Å². The number of benzene rings is 1. The number of aryl methyl sites for hydroxylation is 1. The lowest BCUT2D eigenvalue weighted by Crippen LogP contribution is -2.39. The molecule has 0 saturated heterocycles. The molecule has 0 aliphatic rings. The molecule has 8 nitrogen and oxygen atoms in total. The van der Waals surface area contributed by atoms with Crippen molar-refractivity contribution >= 4 is 29.9 Å². The van der Waals surface area contributed by atoms with E-state index in [-0.39, 0.29) is 24.0 Å². The highest BCUT2D eigenvalue weighted by molar-refractivity contribution is 14.0. The van der Waals surface area contributed by atoms with Crippen LogP contribution in [0.1, 0.15) is 38.1 Å². The van der Waals surface area contributed by atoms with Gasteiger partial charge in [-0.1, -0.05) is 26.3 Å². The third kappa shape index (κ3) is 8.08. The van der Waals surface area contributed by atoms with Gasteiger partial charge in [-0.3, -0.25) is 0 Å². The van der Waals surface area contributed by atoms with E-state index in [0.717, 1.165) is 62.0 Å². The van der Waals surface area contributed by atoms with Crippen molar-refractivity contribution in [3.63, 3.8) is 0 Å². The van der Waals surface area contributed by atoms with Gasteiger partial charge in [-0.2, -0.15) is 0 Å². The lowest BCUT2D eigenvalue weighted by Gasteiger charge is -2.14. The molecule has 1 aromatic heterocycles. The van der Waals surface area contributed by atoms with Gasteiger partial charge in [0, 0.05) is 26.1 Å². The van der Waals surface area contributed by atoms with Crippen LogP contribution < -0.4 is 20.1 Å². The first-order chi connectivity index (χ1) is 13.7. The summed E-state index contributed by atoms with van der Waals surface area (Å²) in [5.74, 6) is 3.22. The molecule has 0 fully saturated rings. The number of halogens is 1. The third-order valence-corrected chi connectivity index (χ3v) is 4.35. The summed E-state index contributed by atoms with van der Waals surface area (Å²) in [4.78, 5) is 4.72. The van der Waals surface area contributed by atoms with Crippen LogP contribution in [0.15, 0.2) is 29.5 Å². The van der Waals surface area contributed by atoms with E-state index in [4.69, 9.17) is 14.5 Å². The second-order valence-corrected chi connectivity index (χ2v) is 6.36. The molecule has 9 heteroatoms. The predicted octanol–water partition coefficient (Wildman–Crippen LogP) is 3.01. The zero-order chi connectivity index (χ0) is 20.2. The van der Waals surface area contributed by atoms with Crippen molar-refractivity contribution in [2.45, 2.75) is 46.2 Å². The van der Waals surface area contributed by atoms with Crippen LogP contribution in [-0.4, -0.2) is 48.0 Å². The summed E-state index contributed by atoms with van der Waals surface area (Å²) in [6.45, 7) is 7.23. The van der Waals surface area contributed by atoms with Crippen molar-refractivity contribution in [1.29, 1.82) is 0 Å². The largest absolute Gasteiger partial charge is 0.493 e. The van der Waals surface area contributed by atoms with Crippen molar-refractivity contribution in [2.75, 3.05) is 27.3 Å². The van der Waals surface area contributed by atoms with E-state index in [2.05, 4.69) is 39.2 Å². The Morgan fingerprint density at radius 3 is 2.55 bits per heavy atom. The maximum atomic E-state index is 5.37. The fourth-order valence-corrected chi connectivity index (χ4v) is 2.74. The number of ether oxygens (including phenoxy) is 2. The fourth-order valence-electron chi connectivity index (χ4n) is 2.74. The summed E-state index contributed by atoms with van der Waals surface area (Å²) in [5.41, 5.74) is 1.06. The monoisotopic (exact) mass is 516 g/mol. The van der Waals surface area contributed by atoms with Crippen LogP contribution in [0.4, 0.5) is 0 Å². The zero-order valence-corrected chi connectivity index (χ0v) is 20.1. The molecule has 0 aliphatic heterocycles. The minimum Gasteiger partial charge on any atom is -0.493 e. The van der Waals surface area contributed by atoms with E-state index in [0.29, 0.717) is 12.3 Å². The first-order valence-corrected chi connectivity index (χ1v) is 9.81. The molecule has 0 saturated carbocycles. The predicted molar refractivity (Wildman–Crippen MR) is 126 cm³/mol. The van der Waals surface area contributed by atoms with Gasteiger partial charge >= 0.3 is 0 Å². The SMILES string of the molecule is CCCCNC(=NCc1ccc(OC)c(OC)c1)NCCn1cnnc1CC.I. The topological polar surface area (TPSA) is 85.6 Å². The molecule has 1 heterocycles. The molecule has 162 valence electrons. The van der Waals surface area contributed by atoms with Crippen LogP contribution in [0.5, 0.6) is 11.5 Å². The number of rotatable bonds is 11. The lowest BCUT2D eigenvalue weighted by molar-refractivity contribution is 0.354. The van der Waals surface area contributed by atoms with Gasteiger partial charge in [0.25, 0.3) is 0 Å². The molecule has 0 bridgehead atoms. The molecule has 0 atom stereocenters. The highest BCUT2D eigenvalue weighted by Gasteiger charge is 2.06. The number of hydrogen-bond donors (Lipinski definition) is 2. The number of aliphatic imine (C=N–C) groups is 1. The maximum Gasteiger partial charge on any atom is 0.191 e. The van der Waals surface area contributed by atoms with E-state index in [1.807, 2.05) is 18.2 Å². The fraction of sp³-hybridized carbons (Fsp3) is 0.550. The Labute approximate surface area is 190 Å². The molecule has 0 aliphatic carbocycles. The quantitative estimate of drug-likeness (QED) is 0.207. The first kappa shape index (κ1) is 25.0. The van der Waals surface area contributed by atoms with Gasteiger partial charge in [-0.05, 0) is 24.1 Å². The number of unbranched alkanes of at least 4 members (excludes halogenated alkanes) is 1. The molecule has 0 unspecified atom stereocenters. The van der Waals surface area contributed by atoms with Crippen LogP contribution in [0.25, 0.3) is 0 Å². The summed E-state index contributed by atoms with van der Waals surface area (Å²) in [7, 11) is 3.27. The van der Waals surface area contributed by atoms with E-state index >= 15 is 0 Å². The molecule has 0 amide bonds. The molecule has 2 aromatic rings. The van der Waals surface area contributed by atoms with E-state index in [1.54, 1.807) is 20.5 Å². The van der Waals surface area contributed by atoms with Crippen molar-refractivity contribution in [1.82, 2.24) is 25.4 Å². The van der Waals surface area contributed by atoms with Crippen LogP contribution >= 0.6 is 24.0 Å². The molecule has 29 heavy (non-hydrogen) atoms. The second-order valence-electron chi connectivity index (χ2n) is 6.36. The summed E-state index contributed by atoms with van der Waals surface area (Å²) < 4.78 is 12.7. The maximum absolute atomic E-state index is 5.37. The summed E-state index contributed by atoms with van der Waals surface area (Å²) in [5, 5.41) is 14.9. The summed E-state index contributed by atoms with van der Waals surface area (Å²) in [6.07, 6.45) is 4.87. The normalized spacial score (nSPS) is 11.0. The average Bonchev–Trinajstić information content (AvgIpc) is 3.19. The Balaban J connectivity index is 0.00000420. The van der Waals surface area contributed by atoms with Gasteiger partial charge in [0.05, 0.1) is 20.8 Å². The molecule has 0 radical (unpaired) electrons. The van der Waals surface area contributed by atoms with Crippen molar-refractivity contribution in [3.8, 4) is 11.5 Å².